The zero-order valence-corrected chi connectivity index (χ0v) is 5.75. The molecule has 0 aromatic carbocycles. The molecule has 0 aliphatic heterocycles. The minimum absolute atomic E-state index is 0.320. The van der Waals surface area contributed by atoms with Gasteiger partial charge in [-0.15, -0.1) is 0 Å². The van der Waals surface area contributed by atoms with Crippen LogP contribution >= 0.6 is 0 Å². The van der Waals surface area contributed by atoms with Crippen LogP contribution in [0.4, 0.5) is 0 Å². The quantitative estimate of drug-likeness (QED) is 0.438. The van der Waals surface area contributed by atoms with Crippen LogP contribution in [0.1, 0.15) is 6.42 Å². The van der Waals surface area contributed by atoms with E-state index in [9.17, 15) is 19.8 Å². The Hall–Kier alpha value is -1.58. The Labute approximate surface area is 63.5 Å². The van der Waals surface area contributed by atoms with Gasteiger partial charge in [0, 0.05) is 0 Å². The first-order valence-electron chi connectivity index (χ1n) is 2.73. The van der Waals surface area contributed by atoms with Crippen molar-refractivity contribution in [3.63, 3.8) is 0 Å². The van der Waals surface area contributed by atoms with Crippen molar-refractivity contribution in [1.29, 1.82) is 0 Å². The first-order chi connectivity index (χ1) is 4.95. The van der Waals surface area contributed by atoms with E-state index < -0.39 is 11.9 Å². The fraction of sp³-hybridized carbons (Fsp3) is 0.143. The third-order valence-corrected chi connectivity index (χ3v) is 1.00. The van der Waals surface area contributed by atoms with E-state index in [1.165, 1.54) is 0 Å². The van der Waals surface area contributed by atoms with E-state index in [1.807, 2.05) is 0 Å². The highest BCUT2D eigenvalue weighted by Crippen LogP contribution is 2.04. The van der Waals surface area contributed by atoms with Gasteiger partial charge in [-0.05, 0) is 17.6 Å². The average molecular weight is 154 g/mol. The lowest BCUT2D eigenvalue weighted by Gasteiger charge is -2.08. The largest absolute Gasteiger partial charge is 0.545 e. The molecule has 0 unspecified atom stereocenters. The number of carboxylic acid groups (broad SMARTS) is 2. The Bertz CT molecular complexity index is 203. The molecule has 4 nitrogen and oxygen atoms in total. The molecule has 0 aromatic rings. The molecule has 0 amide bonds. The van der Waals surface area contributed by atoms with E-state index in [1.54, 1.807) is 0 Å². The molecule has 0 atom stereocenters. The summed E-state index contributed by atoms with van der Waals surface area (Å²) < 4.78 is 0. The average Bonchev–Trinajstić information content (AvgIpc) is 1.87. The van der Waals surface area contributed by atoms with Crippen molar-refractivity contribution in [2.45, 2.75) is 6.42 Å². The van der Waals surface area contributed by atoms with Gasteiger partial charge >= 0.3 is 0 Å². The molecule has 0 rings (SSSR count). The van der Waals surface area contributed by atoms with E-state index in [2.05, 4.69) is 13.2 Å². The number of rotatable bonds is 4. The molecule has 11 heavy (non-hydrogen) atoms. The van der Waals surface area contributed by atoms with Crippen LogP contribution in [0, 0.1) is 0 Å². The fourth-order valence-electron chi connectivity index (χ4n) is 0.402. The van der Waals surface area contributed by atoms with E-state index in [4.69, 9.17) is 0 Å². The van der Waals surface area contributed by atoms with Crippen LogP contribution in [-0.2, 0) is 9.59 Å². The second-order valence-electron chi connectivity index (χ2n) is 1.96. The Morgan fingerprint density at radius 3 is 1.45 bits per heavy atom. The van der Waals surface area contributed by atoms with Crippen molar-refractivity contribution in [2.24, 2.45) is 0 Å². The molecule has 0 saturated heterocycles. The first-order valence-corrected chi connectivity index (χ1v) is 2.73. The molecule has 60 valence electrons. The normalized spacial score (nSPS) is 8.73. The third kappa shape index (κ3) is 3.20. The molecular weight excluding hydrogens is 148 g/mol. The molecule has 0 aliphatic rings. The summed E-state index contributed by atoms with van der Waals surface area (Å²) in [7, 11) is 0. The first kappa shape index (κ1) is 9.42. The summed E-state index contributed by atoms with van der Waals surface area (Å²) in [5.41, 5.74) is -0.640. The van der Waals surface area contributed by atoms with Gasteiger partial charge in [0.05, 0.1) is 11.9 Å². The predicted molar refractivity (Wildman–Crippen MR) is 32.9 cm³/mol. The highest BCUT2D eigenvalue weighted by molar-refractivity contribution is 5.90. The Kier molecular flexibility index (Phi) is 3.04. The lowest BCUT2D eigenvalue weighted by atomic mass is 10.1. The van der Waals surface area contributed by atoms with Crippen LogP contribution in [-0.4, -0.2) is 11.9 Å². The van der Waals surface area contributed by atoms with Crippen molar-refractivity contribution in [1.82, 2.24) is 0 Å². The number of carboxylic acids is 2. The van der Waals surface area contributed by atoms with E-state index in [0.29, 0.717) is 0 Å². The van der Waals surface area contributed by atoms with Gasteiger partial charge in [0.15, 0.2) is 0 Å². The molecule has 0 aliphatic carbocycles. The van der Waals surface area contributed by atoms with Crippen LogP contribution in [0.25, 0.3) is 0 Å². The van der Waals surface area contributed by atoms with Gasteiger partial charge in [-0.1, -0.05) is 13.2 Å². The smallest absolute Gasteiger partial charge is 0.0672 e. The predicted octanol–water partition coefficient (Wildman–Crippen LogP) is -2.01. The number of carbonyl (C=O) groups excluding carboxylic acids is 2. The van der Waals surface area contributed by atoms with Gasteiger partial charge in [-0.2, -0.15) is 0 Å². The summed E-state index contributed by atoms with van der Waals surface area (Å²) in [6, 6.07) is 0. The van der Waals surface area contributed by atoms with Crippen molar-refractivity contribution in [3.05, 3.63) is 24.3 Å². The second kappa shape index (κ2) is 3.55. The van der Waals surface area contributed by atoms with Gasteiger partial charge in [-0.3, -0.25) is 0 Å². The van der Waals surface area contributed by atoms with E-state index in [-0.39, 0.29) is 17.6 Å². The van der Waals surface area contributed by atoms with Crippen molar-refractivity contribution < 1.29 is 19.8 Å². The fourth-order valence-corrected chi connectivity index (χ4v) is 0.402. The van der Waals surface area contributed by atoms with Crippen LogP contribution in [0.5, 0.6) is 0 Å². The molecule has 0 fully saturated rings. The molecule has 0 radical (unpaired) electrons. The zero-order chi connectivity index (χ0) is 9.02. The number of carbonyl (C=O) groups is 2. The van der Waals surface area contributed by atoms with Gasteiger partial charge in [0.1, 0.15) is 0 Å². The highest BCUT2D eigenvalue weighted by atomic mass is 16.4. The number of aliphatic carboxylic acids is 2. The van der Waals surface area contributed by atoms with Crippen molar-refractivity contribution in [2.75, 3.05) is 0 Å². The van der Waals surface area contributed by atoms with Crippen LogP contribution in [0.3, 0.4) is 0 Å². The maximum absolute atomic E-state index is 9.99. The van der Waals surface area contributed by atoms with Gasteiger partial charge < -0.3 is 19.8 Å². The van der Waals surface area contributed by atoms with E-state index in [0.717, 1.165) is 0 Å². The minimum atomic E-state index is -1.48. The summed E-state index contributed by atoms with van der Waals surface area (Å²) in [4.78, 5) is 20.0. The topological polar surface area (TPSA) is 80.3 Å². The molecule has 0 N–H and O–H groups in total. The van der Waals surface area contributed by atoms with Crippen LogP contribution in [0.15, 0.2) is 24.3 Å². The van der Waals surface area contributed by atoms with Crippen LogP contribution in [0.2, 0.25) is 0 Å². The molecule has 0 aromatic heterocycles. The molecule has 0 spiro atoms. The van der Waals surface area contributed by atoms with Gasteiger partial charge in [0.25, 0.3) is 0 Å². The standard InChI is InChI=1S/C7H8O4/c1-4(6(8)9)3-5(2)7(10)11/h1-3H2,(H,8,9)(H,10,11)/p-2. The Morgan fingerprint density at radius 2 is 1.27 bits per heavy atom. The summed E-state index contributed by atoms with van der Waals surface area (Å²) >= 11 is 0. The minimum Gasteiger partial charge on any atom is -0.545 e. The Balaban J connectivity index is 4.07. The third-order valence-electron chi connectivity index (χ3n) is 1.00. The summed E-state index contributed by atoms with van der Waals surface area (Å²) in [6.07, 6.45) is -0.329. The van der Waals surface area contributed by atoms with Crippen molar-refractivity contribution in [3.8, 4) is 0 Å². The molecule has 0 saturated carbocycles. The number of hydrogen-bond acceptors (Lipinski definition) is 4. The molecule has 0 bridgehead atoms. The summed E-state index contributed by atoms with van der Waals surface area (Å²) in [5, 5.41) is 20.0. The highest BCUT2D eigenvalue weighted by Gasteiger charge is 1.99. The van der Waals surface area contributed by atoms with Crippen LogP contribution < -0.4 is 10.2 Å². The van der Waals surface area contributed by atoms with Crippen molar-refractivity contribution >= 4 is 11.9 Å². The lowest BCUT2D eigenvalue weighted by molar-refractivity contribution is -0.299. The SMILES string of the molecule is C=C(CC(=C)C(=O)[O-])C(=O)[O-]. The van der Waals surface area contributed by atoms with Gasteiger partial charge in [0.2, 0.25) is 0 Å². The monoisotopic (exact) mass is 154 g/mol. The van der Waals surface area contributed by atoms with E-state index >= 15 is 0 Å². The number of hydrogen-bond donors (Lipinski definition) is 0. The van der Waals surface area contributed by atoms with Gasteiger partial charge in [-0.25, -0.2) is 0 Å². The zero-order valence-electron chi connectivity index (χ0n) is 5.75. The molecular formula is C7H6O4-2. The molecule has 4 heteroatoms. The maximum Gasteiger partial charge on any atom is 0.0672 e. The maximum atomic E-state index is 9.99. The summed E-state index contributed by atoms with van der Waals surface area (Å²) in [6.45, 7) is 6.13. The second-order valence-corrected chi connectivity index (χ2v) is 1.96. The lowest BCUT2D eigenvalue weighted by Crippen LogP contribution is -2.28. The molecule has 0 heterocycles. The Morgan fingerprint density at radius 1 is 1.00 bits per heavy atom. The summed E-state index contributed by atoms with van der Waals surface area (Å²) in [5.74, 6) is -2.96.